The number of rotatable bonds is 4. The van der Waals surface area contributed by atoms with Gasteiger partial charge in [-0.2, -0.15) is 0 Å². The summed E-state index contributed by atoms with van der Waals surface area (Å²) in [6, 6.07) is 19.4. The average molecular weight is 345 g/mol. The van der Waals surface area contributed by atoms with E-state index in [4.69, 9.17) is 4.74 Å². The molecule has 1 amide bonds. The van der Waals surface area contributed by atoms with Gasteiger partial charge < -0.3 is 9.64 Å². The Morgan fingerprint density at radius 1 is 0.962 bits per heavy atom. The lowest BCUT2D eigenvalue weighted by atomic mass is 10.2. The van der Waals surface area contributed by atoms with Crippen molar-refractivity contribution in [2.24, 2.45) is 0 Å². The first-order valence-corrected chi connectivity index (χ1v) is 8.68. The van der Waals surface area contributed by atoms with E-state index in [1.165, 1.54) is 0 Å². The molecule has 0 bridgehead atoms. The van der Waals surface area contributed by atoms with Crippen LogP contribution < -0.4 is 4.74 Å². The van der Waals surface area contributed by atoms with Crippen molar-refractivity contribution in [1.29, 1.82) is 0 Å². The molecular weight excluding hydrogens is 326 g/mol. The predicted molar refractivity (Wildman–Crippen MR) is 98.8 cm³/mol. The second-order valence-corrected chi connectivity index (χ2v) is 6.25. The van der Waals surface area contributed by atoms with Gasteiger partial charge >= 0.3 is 0 Å². The number of carbonyl (C=O) groups is 1. The molecule has 0 spiro atoms. The second-order valence-electron chi connectivity index (χ2n) is 6.25. The maximum Gasteiger partial charge on any atom is 0.257 e. The summed E-state index contributed by atoms with van der Waals surface area (Å²) in [5, 5.41) is 0. The van der Waals surface area contributed by atoms with Crippen LogP contribution in [-0.4, -0.2) is 40.0 Å². The van der Waals surface area contributed by atoms with Crippen LogP contribution in [0, 0.1) is 0 Å². The van der Waals surface area contributed by atoms with E-state index in [9.17, 15) is 4.79 Å². The topological polar surface area (TPSA) is 55.3 Å². The van der Waals surface area contributed by atoms with Gasteiger partial charge in [-0.15, -0.1) is 0 Å². The largest absolute Gasteiger partial charge is 0.489 e. The number of nitrogens with zero attached hydrogens (tertiary/aromatic N) is 3. The molecule has 1 fully saturated rings. The molecule has 2 aromatic carbocycles. The number of hydrogen-bond acceptors (Lipinski definition) is 4. The van der Waals surface area contributed by atoms with Crippen molar-refractivity contribution < 1.29 is 9.53 Å². The molecule has 26 heavy (non-hydrogen) atoms. The molecule has 5 heteroatoms. The van der Waals surface area contributed by atoms with Crippen molar-refractivity contribution in [2.45, 2.75) is 12.5 Å². The molecule has 130 valence electrons. The second kappa shape index (κ2) is 7.35. The van der Waals surface area contributed by atoms with Gasteiger partial charge in [-0.05, 0) is 12.1 Å². The van der Waals surface area contributed by atoms with Crippen LogP contribution in [-0.2, 0) is 0 Å². The van der Waals surface area contributed by atoms with Gasteiger partial charge in [-0.25, -0.2) is 9.97 Å². The van der Waals surface area contributed by atoms with E-state index in [1.54, 1.807) is 17.3 Å². The Kier molecular flexibility index (Phi) is 4.60. The third kappa shape index (κ3) is 3.57. The SMILES string of the molecule is O=C(c1cnc(-c2ccccc2)nc1)N1CCC(Oc2ccccc2)C1. The monoisotopic (exact) mass is 345 g/mol. The molecule has 0 N–H and O–H groups in total. The number of likely N-dealkylation sites (tertiary alicyclic amines) is 1. The summed E-state index contributed by atoms with van der Waals surface area (Å²) in [6.45, 7) is 1.25. The molecule has 4 rings (SSSR count). The molecule has 1 aliphatic rings. The minimum Gasteiger partial charge on any atom is -0.489 e. The van der Waals surface area contributed by atoms with Gasteiger partial charge in [-0.3, -0.25) is 4.79 Å². The summed E-state index contributed by atoms with van der Waals surface area (Å²) >= 11 is 0. The van der Waals surface area contributed by atoms with Crippen molar-refractivity contribution in [2.75, 3.05) is 13.1 Å². The first-order chi connectivity index (χ1) is 12.8. The molecule has 0 radical (unpaired) electrons. The van der Waals surface area contributed by atoms with Gasteiger partial charge in [0, 0.05) is 30.9 Å². The zero-order valence-electron chi connectivity index (χ0n) is 14.3. The van der Waals surface area contributed by atoms with Gasteiger partial charge in [-0.1, -0.05) is 48.5 Å². The van der Waals surface area contributed by atoms with Gasteiger partial charge in [0.25, 0.3) is 5.91 Å². The Bertz CT molecular complexity index is 867. The zero-order chi connectivity index (χ0) is 17.8. The lowest BCUT2D eigenvalue weighted by molar-refractivity contribution is 0.0771. The molecule has 5 nitrogen and oxygen atoms in total. The zero-order valence-corrected chi connectivity index (χ0v) is 14.3. The van der Waals surface area contributed by atoms with Crippen LogP contribution >= 0.6 is 0 Å². The van der Waals surface area contributed by atoms with E-state index >= 15 is 0 Å². The van der Waals surface area contributed by atoms with E-state index in [-0.39, 0.29) is 12.0 Å². The lowest BCUT2D eigenvalue weighted by Crippen LogP contribution is -2.31. The Hall–Kier alpha value is -3.21. The van der Waals surface area contributed by atoms with Crippen molar-refractivity contribution in [3.05, 3.63) is 78.6 Å². The minimum absolute atomic E-state index is 0.0193. The molecule has 1 saturated heterocycles. The molecule has 1 unspecified atom stereocenters. The van der Waals surface area contributed by atoms with Crippen LogP contribution in [0.5, 0.6) is 5.75 Å². The minimum atomic E-state index is -0.0521. The highest BCUT2D eigenvalue weighted by Gasteiger charge is 2.28. The smallest absolute Gasteiger partial charge is 0.257 e. The third-order valence-electron chi connectivity index (χ3n) is 4.41. The van der Waals surface area contributed by atoms with Crippen molar-refractivity contribution >= 4 is 5.91 Å². The molecule has 2 heterocycles. The number of carbonyl (C=O) groups excluding carboxylic acids is 1. The van der Waals surface area contributed by atoms with Crippen LogP contribution in [0.3, 0.4) is 0 Å². The summed E-state index contributed by atoms with van der Waals surface area (Å²) in [6.07, 6.45) is 4.04. The first kappa shape index (κ1) is 16.3. The number of benzene rings is 2. The van der Waals surface area contributed by atoms with Crippen LogP contribution in [0.25, 0.3) is 11.4 Å². The fourth-order valence-electron chi connectivity index (χ4n) is 3.06. The molecule has 1 atom stereocenters. The molecule has 0 aliphatic carbocycles. The predicted octanol–water partition coefficient (Wildman–Crippen LogP) is 3.44. The molecule has 1 aliphatic heterocycles. The van der Waals surface area contributed by atoms with E-state index in [0.29, 0.717) is 24.5 Å². The van der Waals surface area contributed by atoms with Crippen LogP contribution in [0.15, 0.2) is 73.1 Å². The van der Waals surface area contributed by atoms with E-state index in [2.05, 4.69) is 9.97 Å². The normalized spacial score (nSPS) is 16.5. The highest BCUT2D eigenvalue weighted by Crippen LogP contribution is 2.20. The Labute approximate surface area is 152 Å². The third-order valence-corrected chi connectivity index (χ3v) is 4.41. The van der Waals surface area contributed by atoms with Gasteiger partial charge in [0.1, 0.15) is 11.9 Å². The van der Waals surface area contributed by atoms with Crippen molar-refractivity contribution in [3.63, 3.8) is 0 Å². The number of para-hydroxylation sites is 1. The molecular formula is C21H19N3O2. The van der Waals surface area contributed by atoms with Gasteiger partial charge in [0.15, 0.2) is 5.82 Å². The van der Waals surface area contributed by atoms with Crippen molar-refractivity contribution in [3.8, 4) is 17.1 Å². The van der Waals surface area contributed by atoms with E-state index in [1.807, 2.05) is 60.7 Å². The molecule has 1 aromatic heterocycles. The summed E-state index contributed by atoms with van der Waals surface area (Å²) in [7, 11) is 0. The van der Waals surface area contributed by atoms with Crippen LogP contribution in [0.1, 0.15) is 16.8 Å². The summed E-state index contributed by atoms with van der Waals surface area (Å²) < 4.78 is 5.94. The maximum absolute atomic E-state index is 12.7. The summed E-state index contributed by atoms with van der Waals surface area (Å²) in [5.74, 6) is 1.40. The highest BCUT2D eigenvalue weighted by molar-refractivity contribution is 5.94. The quantitative estimate of drug-likeness (QED) is 0.727. The van der Waals surface area contributed by atoms with E-state index in [0.717, 1.165) is 17.7 Å². The van der Waals surface area contributed by atoms with E-state index < -0.39 is 0 Å². The number of aromatic nitrogens is 2. The summed E-state index contributed by atoms with van der Waals surface area (Å²) in [5.41, 5.74) is 1.44. The lowest BCUT2D eigenvalue weighted by Gasteiger charge is -2.17. The summed E-state index contributed by atoms with van der Waals surface area (Å²) in [4.78, 5) is 23.2. The average Bonchev–Trinajstić information content (AvgIpc) is 3.17. The highest BCUT2D eigenvalue weighted by atomic mass is 16.5. The van der Waals surface area contributed by atoms with Gasteiger partial charge in [0.2, 0.25) is 0 Å². The number of ether oxygens (including phenoxy) is 1. The number of amides is 1. The number of hydrogen-bond donors (Lipinski definition) is 0. The molecule has 0 saturated carbocycles. The molecule has 3 aromatic rings. The first-order valence-electron chi connectivity index (χ1n) is 8.68. The maximum atomic E-state index is 12.7. The fourth-order valence-corrected chi connectivity index (χ4v) is 3.06. The Morgan fingerprint density at radius 3 is 2.31 bits per heavy atom. The van der Waals surface area contributed by atoms with Crippen molar-refractivity contribution in [1.82, 2.24) is 14.9 Å². The van der Waals surface area contributed by atoms with Crippen LogP contribution in [0.2, 0.25) is 0 Å². The Morgan fingerprint density at radius 2 is 1.62 bits per heavy atom. The standard InChI is InChI=1S/C21H19N3O2/c25-21(17-13-22-20(23-14-17)16-7-3-1-4-8-16)24-12-11-19(15-24)26-18-9-5-2-6-10-18/h1-10,13-14,19H,11-12,15H2. The Balaban J connectivity index is 1.40. The van der Waals surface area contributed by atoms with Crippen LogP contribution in [0.4, 0.5) is 0 Å². The van der Waals surface area contributed by atoms with Gasteiger partial charge in [0.05, 0.1) is 12.1 Å². The fraction of sp³-hybridized carbons (Fsp3) is 0.190.